The van der Waals surface area contributed by atoms with E-state index in [0.717, 1.165) is 57.6 Å². The van der Waals surface area contributed by atoms with Crippen molar-refractivity contribution in [3.63, 3.8) is 0 Å². The first-order chi connectivity index (χ1) is 13.2. The molecule has 0 aromatic heterocycles. The molecule has 1 aliphatic carbocycles. The molecule has 0 bridgehead atoms. The quantitative estimate of drug-likeness (QED) is 0.336. The van der Waals surface area contributed by atoms with Crippen LogP contribution in [-0.4, -0.2) is 68.8 Å². The largest absolute Gasteiger partial charge is 0.499 e. The molecule has 2 rings (SSSR count). The molecule has 27 heavy (non-hydrogen) atoms. The van der Waals surface area contributed by atoms with Gasteiger partial charge >= 0.3 is 0 Å². The van der Waals surface area contributed by atoms with Crippen molar-refractivity contribution in [1.82, 2.24) is 4.90 Å². The van der Waals surface area contributed by atoms with Crippen molar-refractivity contribution in [3.05, 3.63) is 23.5 Å². The van der Waals surface area contributed by atoms with Crippen molar-refractivity contribution in [2.45, 2.75) is 76.5 Å². The van der Waals surface area contributed by atoms with Crippen LogP contribution in [0.5, 0.6) is 0 Å². The number of nitrogens with zero attached hydrogens (tertiary/aromatic N) is 1. The second-order valence-corrected chi connectivity index (χ2v) is 7.74. The summed E-state index contributed by atoms with van der Waals surface area (Å²) in [5.74, 6) is 0.859. The van der Waals surface area contributed by atoms with E-state index in [4.69, 9.17) is 14.2 Å². The Labute approximate surface area is 165 Å². The Morgan fingerprint density at radius 2 is 2.00 bits per heavy atom. The fraction of sp³-hybridized carbons (Fsp3) is 0.818. The molecule has 0 spiro atoms. The summed E-state index contributed by atoms with van der Waals surface area (Å²) in [5, 5.41) is 9.86. The molecule has 1 saturated heterocycles. The van der Waals surface area contributed by atoms with E-state index < -0.39 is 0 Å². The zero-order chi connectivity index (χ0) is 19.5. The van der Waals surface area contributed by atoms with Crippen molar-refractivity contribution < 1.29 is 19.3 Å². The summed E-state index contributed by atoms with van der Waals surface area (Å²) in [4.78, 5) is 2.45. The predicted octanol–water partition coefficient (Wildman–Crippen LogP) is 3.67. The summed E-state index contributed by atoms with van der Waals surface area (Å²) in [6.45, 7) is 5.28. The molecule has 2 aliphatic rings. The Bertz CT molecular complexity index is 477. The average molecular weight is 382 g/mol. The Morgan fingerprint density at radius 1 is 1.19 bits per heavy atom. The molecule has 3 atom stereocenters. The molecule has 1 aliphatic heterocycles. The molecule has 1 N–H and O–H groups in total. The van der Waals surface area contributed by atoms with E-state index in [9.17, 15) is 5.11 Å². The van der Waals surface area contributed by atoms with Crippen molar-refractivity contribution in [1.29, 1.82) is 0 Å². The van der Waals surface area contributed by atoms with E-state index in [2.05, 4.69) is 24.0 Å². The third kappa shape index (κ3) is 7.57. The number of hydrogen-bond donors (Lipinski definition) is 1. The summed E-state index contributed by atoms with van der Waals surface area (Å²) in [6, 6.07) is 0.489. The first-order valence-corrected chi connectivity index (χ1v) is 10.6. The van der Waals surface area contributed by atoms with Gasteiger partial charge in [0, 0.05) is 32.8 Å². The van der Waals surface area contributed by atoms with Crippen LogP contribution in [0.15, 0.2) is 23.5 Å². The van der Waals surface area contributed by atoms with E-state index in [0.29, 0.717) is 18.8 Å². The van der Waals surface area contributed by atoms with Crippen LogP contribution in [-0.2, 0) is 14.2 Å². The lowest BCUT2D eigenvalue weighted by atomic mass is 9.91. The highest BCUT2D eigenvalue weighted by atomic mass is 16.5. The molecule has 0 amide bonds. The lowest BCUT2D eigenvalue weighted by Crippen LogP contribution is -2.46. The van der Waals surface area contributed by atoms with Crippen molar-refractivity contribution in [2.75, 3.05) is 40.5 Å². The van der Waals surface area contributed by atoms with E-state index in [1.54, 1.807) is 14.2 Å². The highest BCUT2D eigenvalue weighted by Crippen LogP contribution is 2.28. The fourth-order valence-corrected chi connectivity index (χ4v) is 4.27. The number of ether oxygens (including phenoxy) is 3. The van der Waals surface area contributed by atoms with Crippen LogP contribution < -0.4 is 0 Å². The molecule has 5 nitrogen and oxygen atoms in total. The highest BCUT2D eigenvalue weighted by molar-refractivity contribution is 5.21. The number of hydrogen-bond acceptors (Lipinski definition) is 5. The SMILES string of the molecule is CC/C=C(\C=C(/COC)OC)CCCO[C@H]1CCCC[C@@H]1N1CC[C@@H](O)C1. The van der Waals surface area contributed by atoms with Gasteiger partial charge in [0.1, 0.15) is 12.4 Å². The van der Waals surface area contributed by atoms with Gasteiger partial charge in [-0.25, -0.2) is 0 Å². The first kappa shape index (κ1) is 22.4. The van der Waals surface area contributed by atoms with Gasteiger partial charge in [0.2, 0.25) is 0 Å². The van der Waals surface area contributed by atoms with Gasteiger partial charge in [-0.2, -0.15) is 0 Å². The first-order valence-electron chi connectivity index (χ1n) is 10.6. The summed E-state index contributed by atoms with van der Waals surface area (Å²) in [7, 11) is 3.37. The Hall–Kier alpha value is -0.880. The van der Waals surface area contributed by atoms with Crippen molar-refractivity contribution >= 4 is 0 Å². The minimum absolute atomic E-state index is 0.150. The zero-order valence-electron chi connectivity index (χ0n) is 17.5. The molecular weight excluding hydrogens is 342 g/mol. The minimum atomic E-state index is -0.150. The Morgan fingerprint density at radius 3 is 2.67 bits per heavy atom. The van der Waals surface area contributed by atoms with Crippen LogP contribution in [0.2, 0.25) is 0 Å². The number of aliphatic hydroxyl groups is 1. The van der Waals surface area contributed by atoms with Crippen LogP contribution in [0.4, 0.5) is 0 Å². The van der Waals surface area contributed by atoms with Gasteiger partial charge in [-0.15, -0.1) is 0 Å². The molecule has 0 aromatic carbocycles. The van der Waals surface area contributed by atoms with E-state index in [-0.39, 0.29) is 6.10 Å². The van der Waals surface area contributed by atoms with Crippen LogP contribution in [0, 0.1) is 0 Å². The molecule has 0 unspecified atom stereocenters. The minimum Gasteiger partial charge on any atom is -0.499 e. The standard InChI is InChI=1S/C22H39NO4/c1-4-8-18(15-20(26-3)17-25-2)9-7-14-27-22-11-6-5-10-21(22)23-13-12-19(24)16-23/h8,15,19,21-22,24H,4-7,9-14,16-17H2,1-3H3/b18-8-,20-15+/t19-,21+,22+/m1/s1. The van der Waals surface area contributed by atoms with Gasteiger partial charge < -0.3 is 19.3 Å². The van der Waals surface area contributed by atoms with Crippen molar-refractivity contribution in [3.8, 4) is 0 Å². The van der Waals surface area contributed by atoms with Gasteiger partial charge in [-0.1, -0.05) is 25.8 Å². The summed E-state index contributed by atoms with van der Waals surface area (Å²) >= 11 is 0. The van der Waals surface area contributed by atoms with Gasteiger partial charge in [-0.05, 0) is 50.2 Å². The second kappa shape index (κ2) is 12.6. The average Bonchev–Trinajstić information content (AvgIpc) is 3.11. The number of allylic oxidation sites excluding steroid dienone is 3. The number of likely N-dealkylation sites (tertiary alicyclic amines) is 1. The summed E-state index contributed by atoms with van der Waals surface area (Å²) in [6.07, 6.45) is 13.3. The molecule has 0 radical (unpaired) electrons. The lowest BCUT2D eigenvalue weighted by molar-refractivity contribution is -0.0333. The molecule has 2 fully saturated rings. The molecule has 156 valence electrons. The molecule has 0 aromatic rings. The number of β-amino-alcohol motifs (C(OH)–C–C–N with tert-alkyl or cyclic N) is 1. The monoisotopic (exact) mass is 381 g/mol. The van der Waals surface area contributed by atoms with E-state index >= 15 is 0 Å². The number of aliphatic hydroxyl groups excluding tert-OH is 1. The lowest BCUT2D eigenvalue weighted by Gasteiger charge is -2.37. The zero-order valence-corrected chi connectivity index (χ0v) is 17.5. The van der Waals surface area contributed by atoms with Crippen LogP contribution in [0.3, 0.4) is 0 Å². The van der Waals surface area contributed by atoms with Gasteiger partial charge in [-0.3, -0.25) is 4.90 Å². The van der Waals surface area contributed by atoms with E-state index in [1.165, 1.54) is 24.8 Å². The maximum Gasteiger partial charge on any atom is 0.121 e. The van der Waals surface area contributed by atoms with Crippen LogP contribution in [0.1, 0.15) is 58.3 Å². The smallest absolute Gasteiger partial charge is 0.121 e. The van der Waals surface area contributed by atoms with Gasteiger partial charge in [0.25, 0.3) is 0 Å². The third-order valence-corrected chi connectivity index (χ3v) is 5.63. The summed E-state index contributed by atoms with van der Waals surface area (Å²) in [5.41, 5.74) is 1.29. The van der Waals surface area contributed by atoms with E-state index in [1.807, 2.05) is 0 Å². The molecular formula is C22H39NO4. The number of methoxy groups -OCH3 is 2. The predicted molar refractivity (Wildman–Crippen MR) is 109 cm³/mol. The van der Waals surface area contributed by atoms with Gasteiger partial charge in [0.15, 0.2) is 0 Å². The Balaban J connectivity index is 1.80. The van der Waals surface area contributed by atoms with Crippen LogP contribution >= 0.6 is 0 Å². The Kier molecular flexibility index (Phi) is 10.4. The fourth-order valence-electron chi connectivity index (χ4n) is 4.27. The van der Waals surface area contributed by atoms with Crippen molar-refractivity contribution in [2.24, 2.45) is 0 Å². The normalized spacial score (nSPS) is 27.9. The second-order valence-electron chi connectivity index (χ2n) is 7.74. The van der Waals surface area contributed by atoms with Crippen LogP contribution in [0.25, 0.3) is 0 Å². The summed E-state index contributed by atoms with van der Waals surface area (Å²) < 4.78 is 16.9. The van der Waals surface area contributed by atoms with Gasteiger partial charge in [0.05, 0.1) is 19.3 Å². The maximum atomic E-state index is 9.86. The third-order valence-electron chi connectivity index (χ3n) is 5.63. The molecule has 5 heteroatoms. The number of rotatable bonds is 11. The molecule has 1 saturated carbocycles. The topological polar surface area (TPSA) is 51.2 Å². The highest BCUT2D eigenvalue weighted by Gasteiger charge is 2.34. The molecule has 1 heterocycles. The maximum absolute atomic E-state index is 9.86.